The maximum Gasteiger partial charge on any atom is 0.254 e. The van der Waals surface area contributed by atoms with Gasteiger partial charge in [-0.3, -0.25) is 10.4 Å². The van der Waals surface area contributed by atoms with E-state index in [9.17, 15) is 0 Å². The number of hydrogen-bond acceptors (Lipinski definition) is 7. The zero-order valence-corrected chi connectivity index (χ0v) is 19.5. The van der Waals surface area contributed by atoms with Crippen LogP contribution >= 0.6 is 0 Å². The minimum atomic E-state index is -0.848. The summed E-state index contributed by atoms with van der Waals surface area (Å²) in [5.74, 6) is -2.19. The molecule has 3 heterocycles. The second-order valence-electron chi connectivity index (χ2n) is 8.24. The largest absolute Gasteiger partial charge is 0.475 e. The third-order valence-electron chi connectivity index (χ3n) is 5.83. The van der Waals surface area contributed by atoms with Gasteiger partial charge in [0.2, 0.25) is 5.82 Å². The fourth-order valence-electron chi connectivity index (χ4n) is 4.00. The second kappa shape index (κ2) is 11.1. The molecule has 184 valence electrons. The molecular formula is C27H25F2N5O2. The molecule has 0 atom stereocenters. The molecule has 36 heavy (non-hydrogen) atoms. The number of benzene rings is 2. The van der Waals surface area contributed by atoms with E-state index in [1.54, 1.807) is 17.3 Å². The summed E-state index contributed by atoms with van der Waals surface area (Å²) >= 11 is 0. The third-order valence-corrected chi connectivity index (χ3v) is 5.83. The highest BCUT2D eigenvalue weighted by atomic mass is 19.1. The van der Waals surface area contributed by atoms with Crippen LogP contribution in [0.2, 0.25) is 0 Å². The summed E-state index contributed by atoms with van der Waals surface area (Å²) in [6, 6.07) is 19.4. The number of hydrazone groups is 1. The summed E-state index contributed by atoms with van der Waals surface area (Å²) in [4.78, 5) is 9.90. The molecule has 0 amide bonds. The lowest BCUT2D eigenvalue weighted by Gasteiger charge is -2.30. The number of hydrogen-bond donors (Lipinski definition) is 1. The van der Waals surface area contributed by atoms with Crippen LogP contribution in [0.4, 0.5) is 20.3 Å². The number of anilines is 2. The van der Waals surface area contributed by atoms with Gasteiger partial charge in [0.15, 0.2) is 11.6 Å². The van der Waals surface area contributed by atoms with Gasteiger partial charge >= 0.3 is 0 Å². The smallest absolute Gasteiger partial charge is 0.254 e. The Balaban J connectivity index is 1.39. The van der Waals surface area contributed by atoms with Crippen molar-refractivity contribution in [1.82, 2.24) is 9.97 Å². The van der Waals surface area contributed by atoms with Gasteiger partial charge in [-0.1, -0.05) is 42.5 Å². The standard InChI is InChI=1S/C27H25F2N5O2/c28-23-25(34-12-15-35-16-13-34)24(29)27(36-14-10-22-7-3-4-11-30-22)32-26(23)33-31-18-19-8-9-20-5-1-2-6-21(20)17-19/h1-9,11,17-18H,10,12-16H2,(H,32,33)/b31-18+. The van der Waals surface area contributed by atoms with E-state index in [4.69, 9.17) is 9.47 Å². The second-order valence-corrected chi connectivity index (χ2v) is 8.24. The predicted molar refractivity (Wildman–Crippen MR) is 136 cm³/mol. The van der Waals surface area contributed by atoms with Crippen molar-refractivity contribution in [3.05, 3.63) is 89.8 Å². The molecule has 0 unspecified atom stereocenters. The normalized spacial score (nSPS) is 13.9. The highest BCUT2D eigenvalue weighted by molar-refractivity contribution is 5.90. The summed E-state index contributed by atoms with van der Waals surface area (Å²) < 4.78 is 41.8. The van der Waals surface area contributed by atoms with Crippen molar-refractivity contribution in [1.29, 1.82) is 0 Å². The van der Waals surface area contributed by atoms with Gasteiger partial charge in [-0.15, -0.1) is 0 Å². The fourth-order valence-corrected chi connectivity index (χ4v) is 4.00. The molecule has 4 aromatic rings. The highest BCUT2D eigenvalue weighted by Crippen LogP contribution is 2.34. The number of nitrogens with zero attached hydrogens (tertiary/aromatic N) is 4. The Labute approximate surface area is 207 Å². The molecule has 1 fully saturated rings. The quantitative estimate of drug-likeness (QED) is 0.283. The lowest BCUT2D eigenvalue weighted by molar-refractivity contribution is 0.122. The Hall–Kier alpha value is -4.11. The van der Waals surface area contributed by atoms with E-state index >= 15 is 8.78 Å². The van der Waals surface area contributed by atoms with E-state index in [0.29, 0.717) is 32.7 Å². The number of pyridine rings is 2. The summed E-state index contributed by atoms with van der Waals surface area (Å²) in [5, 5.41) is 6.32. The molecule has 2 aromatic heterocycles. The van der Waals surface area contributed by atoms with E-state index < -0.39 is 11.6 Å². The molecule has 0 spiro atoms. The molecule has 0 radical (unpaired) electrons. The van der Waals surface area contributed by atoms with Crippen molar-refractivity contribution >= 4 is 28.5 Å². The third kappa shape index (κ3) is 5.41. The fraction of sp³-hybridized carbons (Fsp3) is 0.222. The molecule has 1 aliphatic rings. The minimum absolute atomic E-state index is 0.134. The van der Waals surface area contributed by atoms with E-state index in [0.717, 1.165) is 22.0 Å². The van der Waals surface area contributed by atoms with E-state index in [1.165, 1.54) is 0 Å². The zero-order chi connectivity index (χ0) is 24.7. The Morgan fingerprint density at radius 3 is 2.61 bits per heavy atom. The number of aromatic nitrogens is 2. The molecule has 1 N–H and O–H groups in total. The number of ether oxygens (including phenoxy) is 2. The topological polar surface area (TPSA) is 71.9 Å². The van der Waals surface area contributed by atoms with E-state index in [2.05, 4.69) is 20.5 Å². The van der Waals surface area contributed by atoms with Crippen molar-refractivity contribution in [2.45, 2.75) is 6.42 Å². The van der Waals surface area contributed by atoms with Crippen LogP contribution < -0.4 is 15.1 Å². The van der Waals surface area contributed by atoms with Crippen LogP contribution in [0.15, 0.2) is 72.0 Å². The lowest BCUT2D eigenvalue weighted by Crippen LogP contribution is -2.37. The summed E-state index contributed by atoms with van der Waals surface area (Å²) in [7, 11) is 0. The Kier molecular flexibility index (Phi) is 7.28. The van der Waals surface area contributed by atoms with Gasteiger partial charge in [-0.25, -0.2) is 4.39 Å². The van der Waals surface area contributed by atoms with Crippen LogP contribution in [-0.4, -0.2) is 49.1 Å². The van der Waals surface area contributed by atoms with Crippen LogP contribution in [0.5, 0.6) is 5.88 Å². The molecule has 7 nitrogen and oxygen atoms in total. The maximum absolute atomic E-state index is 15.4. The monoisotopic (exact) mass is 489 g/mol. The van der Waals surface area contributed by atoms with Gasteiger partial charge in [0, 0.05) is 31.4 Å². The Bertz CT molecular complexity index is 1360. The molecule has 9 heteroatoms. The van der Waals surface area contributed by atoms with Gasteiger partial charge in [0.25, 0.3) is 5.88 Å². The maximum atomic E-state index is 15.4. The number of morpholine rings is 1. The molecule has 1 saturated heterocycles. The van der Waals surface area contributed by atoms with Crippen LogP contribution in [0.3, 0.4) is 0 Å². The van der Waals surface area contributed by atoms with Crippen LogP contribution in [0.1, 0.15) is 11.3 Å². The Morgan fingerprint density at radius 1 is 1.00 bits per heavy atom. The minimum Gasteiger partial charge on any atom is -0.475 e. The van der Waals surface area contributed by atoms with Gasteiger partial charge in [-0.2, -0.15) is 14.5 Å². The van der Waals surface area contributed by atoms with Gasteiger partial charge in [0.05, 0.1) is 26.0 Å². The molecular weight excluding hydrogens is 464 g/mol. The first kappa shape index (κ1) is 23.6. The molecule has 0 saturated carbocycles. The molecule has 0 aliphatic carbocycles. The number of nitrogens with one attached hydrogen (secondary N) is 1. The SMILES string of the molecule is Fc1c(N/N=C/c2ccc3ccccc3c2)nc(OCCc2ccccn2)c(F)c1N1CCOCC1. The predicted octanol–water partition coefficient (Wildman–Crippen LogP) is 4.81. The average molecular weight is 490 g/mol. The molecule has 0 bridgehead atoms. The molecule has 2 aromatic carbocycles. The average Bonchev–Trinajstić information content (AvgIpc) is 2.92. The van der Waals surface area contributed by atoms with Crippen molar-refractivity contribution < 1.29 is 18.3 Å². The number of fused-ring (bicyclic) bond motifs is 1. The van der Waals surface area contributed by atoms with Gasteiger partial charge in [-0.05, 0) is 34.5 Å². The lowest BCUT2D eigenvalue weighted by atomic mass is 10.1. The van der Waals surface area contributed by atoms with Crippen LogP contribution in [-0.2, 0) is 11.2 Å². The first-order valence-electron chi connectivity index (χ1n) is 11.7. The Morgan fingerprint density at radius 2 is 1.81 bits per heavy atom. The first-order chi connectivity index (χ1) is 17.7. The van der Waals surface area contributed by atoms with Gasteiger partial charge in [0.1, 0.15) is 5.69 Å². The first-order valence-corrected chi connectivity index (χ1v) is 11.7. The van der Waals surface area contributed by atoms with Crippen molar-refractivity contribution in [2.75, 3.05) is 43.2 Å². The summed E-state index contributed by atoms with van der Waals surface area (Å²) in [6.07, 6.45) is 3.69. The molecule has 1 aliphatic heterocycles. The van der Waals surface area contributed by atoms with E-state index in [1.807, 2.05) is 60.7 Å². The van der Waals surface area contributed by atoms with Crippen LogP contribution in [0, 0.1) is 11.6 Å². The summed E-state index contributed by atoms with van der Waals surface area (Å²) in [5.41, 5.74) is 4.05. The van der Waals surface area contributed by atoms with Crippen molar-refractivity contribution in [2.24, 2.45) is 5.10 Å². The van der Waals surface area contributed by atoms with Gasteiger partial charge < -0.3 is 14.4 Å². The van der Waals surface area contributed by atoms with Crippen LogP contribution in [0.25, 0.3) is 10.8 Å². The number of rotatable bonds is 8. The number of halogens is 2. The van der Waals surface area contributed by atoms with Crippen molar-refractivity contribution in [3.63, 3.8) is 0 Å². The highest BCUT2D eigenvalue weighted by Gasteiger charge is 2.27. The summed E-state index contributed by atoms with van der Waals surface area (Å²) in [6.45, 7) is 1.59. The van der Waals surface area contributed by atoms with Crippen molar-refractivity contribution in [3.8, 4) is 5.88 Å². The molecule has 5 rings (SSSR count). The van der Waals surface area contributed by atoms with E-state index in [-0.39, 0.29) is 24.0 Å². The zero-order valence-electron chi connectivity index (χ0n) is 19.5.